The number of nitrogens with zero attached hydrogens (tertiary/aromatic N) is 2. The molecule has 0 aliphatic rings. The van der Waals surface area contributed by atoms with E-state index in [0.717, 1.165) is 5.56 Å². The zero-order valence-electron chi connectivity index (χ0n) is 10.5. The van der Waals surface area contributed by atoms with E-state index in [1.54, 1.807) is 25.3 Å². The van der Waals surface area contributed by atoms with Crippen LogP contribution in [0, 0.1) is 0 Å². The van der Waals surface area contributed by atoms with Crippen LogP contribution in [0.1, 0.15) is 27.4 Å². The van der Waals surface area contributed by atoms with Gasteiger partial charge >= 0.3 is 0 Å². The molecule has 0 fully saturated rings. The lowest BCUT2D eigenvalue weighted by Crippen LogP contribution is -2.12. The standard InChI is InChI=1S/C12H11F2N3O2S/c1-19-6-7-3-2-4-8(5-7)10(18)15-12-17-16-11(20-12)9(13)14/h2-5,9H,6H2,1H3,(H,15,17,18). The Kier molecular flexibility index (Phi) is 4.70. The van der Waals surface area contributed by atoms with Crippen LogP contribution in [0.3, 0.4) is 0 Å². The van der Waals surface area contributed by atoms with Crippen molar-refractivity contribution in [2.75, 3.05) is 12.4 Å². The number of halogens is 2. The number of carbonyl (C=O) groups excluding carboxylic acids is 1. The van der Waals surface area contributed by atoms with Crippen molar-refractivity contribution >= 4 is 22.4 Å². The van der Waals surface area contributed by atoms with Gasteiger partial charge in [0, 0.05) is 12.7 Å². The molecule has 0 saturated carbocycles. The van der Waals surface area contributed by atoms with Gasteiger partial charge in [-0.15, -0.1) is 10.2 Å². The Morgan fingerprint density at radius 2 is 2.25 bits per heavy atom. The molecule has 2 rings (SSSR count). The van der Waals surface area contributed by atoms with E-state index in [-0.39, 0.29) is 5.13 Å². The first-order chi connectivity index (χ1) is 9.60. The Morgan fingerprint density at radius 1 is 1.45 bits per heavy atom. The normalized spacial score (nSPS) is 10.8. The summed E-state index contributed by atoms with van der Waals surface area (Å²) in [6, 6.07) is 6.81. The number of aromatic nitrogens is 2. The first kappa shape index (κ1) is 14.5. The molecule has 20 heavy (non-hydrogen) atoms. The molecule has 0 radical (unpaired) electrons. The molecule has 1 aromatic carbocycles. The van der Waals surface area contributed by atoms with Gasteiger partial charge in [-0.1, -0.05) is 23.5 Å². The van der Waals surface area contributed by atoms with E-state index in [1.807, 2.05) is 6.07 Å². The van der Waals surface area contributed by atoms with Gasteiger partial charge in [0.1, 0.15) is 0 Å². The molecule has 0 unspecified atom stereocenters. The van der Waals surface area contributed by atoms with Crippen molar-refractivity contribution in [2.24, 2.45) is 0 Å². The summed E-state index contributed by atoms with van der Waals surface area (Å²) in [7, 11) is 1.56. The molecule has 2 aromatic rings. The molecular formula is C12H11F2N3O2S. The predicted octanol–water partition coefficient (Wildman–Crippen LogP) is 2.87. The van der Waals surface area contributed by atoms with Crippen molar-refractivity contribution in [3.8, 4) is 0 Å². The summed E-state index contributed by atoms with van der Waals surface area (Å²) in [5.74, 6) is -0.431. The fourth-order valence-electron chi connectivity index (χ4n) is 1.51. The van der Waals surface area contributed by atoms with E-state index in [9.17, 15) is 13.6 Å². The van der Waals surface area contributed by atoms with Crippen LogP contribution in [0.25, 0.3) is 0 Å². The van der Waals surface area contributed by atoms with Crippen molar-refractivity contribution in [3.05, 3.63) is 40.4 Å². The molecule has 8 heteroatoms. The summed E-state index contributed by atoms with van der Waals surface area (Å²) in [5.41, 5.74) is 1.24. The number of hydrogen-bond acceptors (Lipinski definition) is 5. The summed E-state index contributed by atoms with van der Waals surface area (Å²) in [6.07, 6.45) is -2.69. The van der Waals surface area contributed by atoms with Gasteiger partial charge in [-0.3, -0.25) is 10.1 Å². The van der Waals surface area contributed by atoms with Gasteiger partial charge in [-0.25, -0.2) is 8.78 Å². The number of carbonyl (C=O) groups is 1. The average molecular weight is 299 g/mol. The van der Waals surface area contributed by atoms with Gasteiger partial charge in [-0.2, -0.15) is 0 Å². The maximum atomic E-state index is 12.4. The number of hydrogen-bond donors (Lipinski definition) is 1. The summed E-state index contributed by atoms with van der Waals surface area (Å²) < 4.78 is 29.7. The third-order valence-electron chi connectivity index (χ3n) is 2.35. The first-order valence-electron chi connectivity index (χ1n) is 5.61. The first-order valence-corrected chi connectivity index (χ1v) is 6.42. The number of rotatable bonds is 5. The van der Waals surface area contributed by atoms with Gasteiger partial charge in [0.2, 0.25) is 5.13 Å². The molecule has 0 aliphatic heterocycles. The van der Waals surface area contributed by atoms with Crippen molar-refractivity contribution in [2.45, 2.75) is 13.0 Å². The lowest BCUT2D eigenvalue weighted by Gasteiger charge is -2.04. The summed E-state index contributed by atoms with van der Waals surface area (Å²) >= 11 is 0.650. The lowest BCUT2D eigenvalue weighted by atomic mass is 10.1. The topological polar surface area (TPSA) is 64.1 Å². The summed E-state index contributed by atoms with van der Waals surface area (Å²) in [4.78, 5) is 11.9. The predicted molar refractivity (Wildman–Crippen MR) is 70.0 cm³/mol. The zero-order valence-corrected chi connectivity index (χ0v) is 11.3. The number of benzene rings is 1. The number of alkyl halides is 2. The third kappa shape index (κ3) is 3.55. The minimum Gasteiger partial charge on any atom is -0.380 e. The monoisotopic (exact) mass is 299 g/mol. The molecule has 0 atom stereocenters. The van der Waals surface area contributed by atoms with E-state index in [1.165, 1.54) is 0 Å². The molecule has 106 valence electrons. The molecule has 0 aliphatic carbocycles. The van der Waals surface area contributed by atoms with E-state index in [0.29, 0.717) is 23.5 Å². The number of methoxy groups -OCH3 is 1. The highest BCUT2D eigenvalue weighted by Crippen LogP contribution is 2.25. The van der Waals surface area contributed by atoms with Crippen LogP contribution in [0.15, 0.2) is 24.3 Å². The van der Waals surface area contributed by atoms with Crippen molar-refractivity contribution in [1.29, 1.82) is 0 Å². The third-order valence-corrected chi connectivity index (χ3v) is 3.19. The van der Waals surface area contributed by atoms with E-state index < -0.39 is 17.3 Å². The second-order valence-corrected chi connectivity index (χ2v) is 4.84. The largest absolute Gasteiger partial charge is 0.380 e. The van der Waals surface area contributed by atoms with Crippen LogP contribution in [0.2, 0.25) is 0 Å². The number of amides is 1. The Hall–Kier alpha value is -1.93. The fourth-order valence-corrected chi connectivity index (χ4v) is 2.11. The van der Waals surface area contributed by atoms with E-state index in [4.69, 9.17) is 4.74 Å². The Bertz CT molecular complexity index is 604. The maximum Gasteiger partial charge on any atom is 0.291 e. The average Bonchev–Trinajstić information content (AvgIpc) is 2.88. The molecule has 5 nitrogen and oxygen atoms in total. The molecule has 1 heterocycles. The van der Waals surface area contributed by atoms with Crippen LogP contribution >= 0.6 is 11.3 Å². The van der Waals surface area contributed by atoms with E-state index >= 15 is 0 Å². The van der Waals surface area contributed by atoms with Crippen molar-refractivity contribution in [3.63, 3.8) is 0 Å². The van der Waals surface area contributed by atoms with Gasteiger partial charge in [0.05, 0.1) is 6.61 Å². The van der Waals surface area contributed by atoms with Crippen LogP contribution in [-0.4, -0.2) is 23.2 Å². The summed E-state index contributed by atoms with van der Waals surface area (Å²) in [5, 5.41) is 8.84. The second-order valence-electron chi connectivity index (χ2n) is 3.83. The van der Waals surface area contributed by atoms with Gasteiger partial charge in [0.25, 0.3) is 12.3 Å². The SMILES string of the molecule is COCc1cccc(C(=O)Nc2nnc(C(F)F)s2)c1. The Labute approximate surface area is 117 Å². The molecule has 0 bridgehead atoms. The molecule has 0 saturated heterocycles. The van der Waals surface area contributed by atoms with Gasteiger partial charge in [0.15, 0.2) is 5.01 Å². The summed E-state index contributed by atoms with van der Waals surface area (Å²) in [6.45, 7) is 0.384. The second kappa shape index (κ2) is 6.49. The highest BCUT2D eigenvalue weighted by molar-refractivity contribution is 7.15. The quantitative estimate of drug-likeness (QED) is 0.922. The highest BCUT2D eigenvalue weighted by Gasteiger charge is 2.16. The van der Waals surface area contributed by atoms with Crippen molar-refractivity contribution in [1.82, 2.24) is 10.2 Å². The van der Waals surface area contributed by atoms with Crippen LogP contribution in [-0.2, 0) is 11.3 Å². The smallest absolute Gasteiger partial charge is 0.291 e. The Balaban J connectivity index is 2.09. The molecule has 1 amide bonds. The number of ether oxygens (including phenoxy) is 1. The van der Waals surface area contributed by atoms with Crippen LogP contribution in [0.4, 0.5) is 13.9 Å². The molecule has 1 aromatic heterocycles. The number of nitrogens with one attached hydrogen (secondary N) is 1. The van der Waals surface area contributed by atoms with Gasteiger partial charge in [-0.05, 0) is 17.7 Å². The Morgan fingerprint density at radius 3 is 2.90 bits per heavy atom. The molecular weight excluding hydrogens is 288 g/mol. The fraction of sp³-hybridized carbons (Fsp3) is 0.250. The maximum absolute atomic E-state index is 12.4. The highest BCUT2D eigenvalue weighted by atomic mass is 32.1. The molecule has 1 N–H and O–H groups in total. The van der Waals surface area contributed by atoms with Crippen molar-refractivity contribution < 1.29 is 18.3 Å². The minimum atomic E-state index is -2.69. The van der Waals surface area contributed by atoms with Crippen LogP contribution in [0.5, 0.6) is 0 Å². The molecule has 0 spiro atoms. The van der Waals surface area contributed by atoms with Gasteiger partial charge < -0.3 is 4.74 Å². The van der Waals surface area contributed by atoms with E-state index in [2.05, 4.69) is 15.5 Å². The van der Waals surface area contributed by atoms with Crippen LogP contribution < -0.4 is 5.32 Å². The number of anilines is 1. The lowest BCUT2D eigenvalue weighted by molar-refractivity contribution is 0.102. The zero-order chi connectivity index (χ0) is 14.5. The minimum absolute atomic E-state index is 0.0439.